The molecule has 1 aliphatic carbocycles. The van der Waals surface area contributed by atoms with Crippen molar-refractivity contribution in [3.05, 3.63) is 29.3 Å². The first-order valence-corrected chi connectivity index (χ1v) is 8.16. The van der Waals surface area contributed by atoms with Gasteiger partial charge in [0.1, 0.15) is 0 Å². The number of benzene rings is 1. The second-order valence-corrected chi connectivity index (χ2v) is 6.49. The molecular formula is C18H22N2O2. The minimum atomic E-state index is 0.292. The first kappa shape index (κ1) is 13.8. The average Bonchev–Trinajstić information content (AvgIpc) is 2.75. The van der Waals surface area contributed by atoms with E-state index in [9.17, 15) is 5.11 Å². The minimum Gasteiger partial charge on any atom is -0.494 e. The maximum Gasteiger partial charge on any atom is 0.201 e. The van der Waals surface area contributed by atoms with Crippen LogP contribution in [0.2, 0.25) is 0 Å². The molecule has 1 aromatic heterocycles. The zero-order chi connectivity index (χ0) is 15.1. The van der Waals surface area contributed by atoms with Crippen molar-refractivity contribution >= 4 is 16.6 Å². The Morgan fingerprint density at radius 3 is 2.91 bits per heavy atom. The smallest absolute Gasteiger partial charge is 0.201 e. The van der Waals surface area contributed by atoms with E-state index in [1.165, 1.54) is 24.8 Å². The number of fused-ring (bicyclic) bond motifs is 1. The van der Waals surface area contributed by atoms with E-state index in [-0.39, 0.29) is 0 Å². The number of aromatic nitrogens is 1. The van der Waals surface area contributed by atoms with Gasteiger partial charge in [-0.3, -0.25) is 4.99 Å². The van der Waals surface area contributed by atoms with Gasteiger partial charge in [-0.05, 0) is 30.0 Å². The van der Waals surface area contributed by atoms with Gasteiger partial charge in [-0.25, -0.2) is 0 Å². The second kappa shape index (κ2) is 5.43. The minimum absolute atomic E-state index is 0.292. The molecule has 1 fully saturated rings. The number of hydrogen-bond acceptors (Lipinski definition) is 3. The Morgan fingerprint density at radius 1 is 1.36 bits per heavy atom. The number of aliphatic imine (C=N–C) groups is 1. The van der Waals surface area contributed by atoms with E-state index in [0.29, 0.717) is 25.6 Å². The van der Waals surface area contributed by atoms with E-state index in [0.717, 1.165) is 34.5 Å². The van der Waals surface area contributed by atoms with E-state index in [1.807, 2.05) is 11.6 Å². The van der Waals surface area contributed by atoms with Crippen molar-refractivity contribution in [1.29, 1.82) is 0 Å². The maximum absolute atomic E-state index is 10.5. The summed E-state index contributed by atoms with van der Waals surface area (Å²) in [6.07, 6.45) is 5.23. The molecule has 1 saturated carbocycles. The average molecular weight is 298 g/mol. The Labute approximate surface area is 130 Å². The van der Waals surface area contributed by atoms with Crippen LogP contribution in [0.25, 0.3) is 10.9 Å². The van der Waals surface area contributed by atoms with E-state index in [2.05, 4.69) is 23.2 Å². The van der Waals surface area contributed by atoms with Crippen LogP contribution in [0, 0.1) is 5.92 Å². The topological polar surface area (TPSA) is 46.8 Å². The van der Waals surface area contributed by atoms with E-state index < -0.39 is 0 Å². The molecule has 4 heteroatoms. The van der Waals surface area contributed by atoms with Crippen molar-refractivity contribution in [3.63, 3.8) is 0 Å². The van der Waals surface area contributed by atoms with Crippen LogP contribution in [0.5, 0.6) is 5.88 Å². The maximum atomic E-state index is 10.5. The fraction of sp³-hybridized carbons (Fsp3) is 0.500. The Bertz CT molecular complexity index is 741. The number of rotatable bonds is 3. The molecular weight excluding hydrogens is 276 g/mol. The van der Waals surface area contributed by atoms with Crippen molar-refractivity contribution in [2.75, 3.05) is 19.8 Å². The summed E-state index contributed by atoms with van der Waals surface area (Å²) in [5.41, 5.74) is 4.14. The quantitative estimate of drug-likeness (QED) is 0.946. The van der Waals surface area contributed by atoms with Crippen LogP contribution in [-0.2, 0) is 18.2 Å². The Balaban J connectivity index is 1.80. The molecule has 4 nitrogen and oxygen atoms in total. The highest BCUT2D eigenvalue weighted by molar-refractivity contribution is 6.14. The van der Waals surface area contributed by atoms with Crippen LogP contribution >= 0.6 is 0 Å². The monoisotopic (exact) mass is 298 g/mol. The zero-order valence-corrected chi connectivity index (χ0v) is 13.0. The predicted molar refractivity (Wildman–Crippen MR) is 87.9 cm³/mol. The second-order valence-electron chi connectivity index (χ2n) is 6.49. The fourth-order valence-electron chi connectivity index (χ4n) is 3.53. The number of ether oxygens (including phenoxy) is 1. The molecule has 0 saturated heterocycles. The zero-order valence-electron chi connectivity index (χ0n) is 13.0. The van der Waals surface area contributed by atoms with Gasteiger partial charge in [0.2, 0.25) is 5.88 Å². The van der Waals surface area contributed by atoms with Crippen LogP contribution in [0.15, 0.2) is 23.2 Å². The van der Waals surface area contributed by atoms with Crippen LogP contribution < -0.4 is 0 Å². The van der Waals surface area contributed by atoms with Crippen molar-refractivity contribution in [2.45, 2.75) is 25.7 Å². The molecule has 1 N–H and O–H groups in total. The summed E-state index contributed by atoms with van der Waals surface area (Å²) in [6.45, 7) is 1.83. The molecule has 22 heavy (non-hydrogen) atoms. The van der Waals surface area contributed by atoms with Gasteiger partial charge in [0.05, 0.1) is 36.6 Å². The van der Waals surface area contributed by atoms with Gasteiger partial charge in [-0.1, -0.05) is 25.3 Å². The number of aromatic hydroxyl groups is 1. The van der Waals surface area contributed by atoms with Gasteiger partial charge >= 0.3 is 0 Å². The van der Waals surface area contributed by atoms with Gasteiger partial charge in [0.15, 0.2) is 0 Å². The standard InChI is InChI=1S/C18H22N2O2/c1-20-16-6-5-13(9-12-3-2-4-12)10-14(16)17(18(20)21)15-11-22-8-7-19-15/h5-6,10,12,21H,2-4,7-9,11H2,1H3. The molecule has 0 radical (unpaired) electrons. The third-order valence-corrected chi connectivity index (χ3v) is 5.05. The molecule has 4 rings (SSSR count). The fourth-order valence-corrected chi connectivity index (χ4v) is 3.53. The van der Waals surface area contributed by atoms with Crippen LogP contribution in [0.4, 0.5) is 0 Å². The third-order valence-electron chi connectivity index (χ3n) is 5.05. The van der Waals surface area contributed by atoms with E-state index in [1.54, 1.807) is 0 Å². The Kier molecular flexibility index (Phi) is 3.41. The van der Waals surface area contributed by atoms with Crippen molar-refractivity contribution in [3.8, 4) is 5.88 Å². The Morgan fingerprint density at radius 2 is 2.23 bits per heavy atom. The van der Waals surface area contributed by atoms with Gasteiger partial charge in [0, 0.05) is 12.4 Å². The normalized spacial score (nSPS) is 19.2. The summed E-state index contributed by atoms with van der Waals surface area (Å²) >= 11 is 0. The van der Waals surface area contributed by atoms with Gasteiger partial charge in [-0.15, -0.1) is 0 Å². The van der Waals surface area contributed by atoms with Gasteiger partial charge < -0.3 is 14.4 Å². The van der Waals surface area contributed by atoms with Crippen molar-refractivity contribution in [2.24, 2.45) is 18.0 Å². The number of hydrogen-bond donors (Lipinski definition) is 1. The molecule has 0 atom stereocenters. The van der Waals surface area contributed by atoms with E-state index in [4.69, 9.17) is 4.74 Å². The highest BCUT2D eigenvalue weighted by atomic mass is 16.5. The molecule has 0 bridgehead atoms. The first-order chi connectivity index (χ1) is 10.7. The van der Waals surface area contributed by atoms with Crippen LogP contribution in [0.1, 0.15) is 30.4 Å². The number of nitrogens with zero attached hydrogens (tertiary/aromatic N) is 2. The molecule has 2 aliphatic rings. The lowest BCUT2D eigenvalue weighted by Gasteiger charge is -2.25. The summed E-state index contributed by atoms with van der Waals surface area (Å²) < 4.78 is 7.36. The molecule has 0 amide bonds. The molecule has 0 unspecified atom stereocenters. The Hall–Kier alpha value is -1.81. The molecule has 1 aromatic carbocycles. The molecule has 1 aliphatic heterocycles. The lowest BCUT2D eigenvalue weighted by atomic mass is 9.81. The lowest BCUT2D eigenvalue weighted by molar-refractivity contribution is 0.171. The third kappa shape index (κ3) is 2.22. The summed E-state index contributed by atoms with van der Waals surface area (Å²) in [5, 5.41) is 11.6. The summed E-state index contributed by atoms with van der Waals surface area (Å²) in [6, 6.07) is 6.56. The summed E-state index contributed by atoms with van der Waals surface area (Å²) in [4.78, 5) is 4.56. The van der Waals surface area contributed by atoms with Crippen LogP contribution in [-0.4, -0.2) is 35.1 Å². The highest BCUT2D eigenvalue weighted by Crippen LogP contribution is 2.34. The highest BCUT2D eigenvalue weighted by Gasteiger charge is 2.22. The molecule has 116 valence electrons. The largest absolute Gasteiger partial charge is 0.494 e. The van der Waals surface area contributed by atoms with E-state index >= 15 is 0 Å². The first-order valence-electron chi connectivity index (χ1n) is 8.16. The summed E-state index contributed by atoms with van der Waals surface area (Å²) in [5.74, 6) is 1.13. The number of aryl methyl sites for hydroxylation is 1. The lowest BCUT2D eigenvalue weighted by Crippen LogP contribution is -2.18. The van der Waals surface area contributed by atoms with Gasteiger partial charge in [-0.2, -0.15) is 0 Å². The van der Waals surface area contributed by atoms with Crippen LogP contribution in [0.3, 0.4) is 0 Å². The van der Waals surface area contributed by atoms with Gasteiger partial charge in [0.25, 0.3) is 0 Å². The van der Waals surface area contributed by atoms with Crippen molar-refractivity contribution < 1.29 is 9.84 Å². The molecule has 2 aromatic rings. The summed E-state index contributed by atoms with van der Waals surface area (Å²) in [7, 11) is 1.90. The molecule has 0 spiro atoms. The molecule has 2 heterocycles. The predicted octanol–water partition coefficient (Wildman–Crippen LogP) is 3.05. The van der Waals surface area contributed by atoms with Crippen molar-refractivity contribution in [1.82, 2.24) is 4.57 Å². The SMILES string of the molecule is Cn1c(O)c(C2=NCCOC2)c2cc(CC3CCC3)ccc21.